The third-order valence-corrected chi connectivity index (χ3v) is 6.35. The second-order valence-corrected chi connectivity index (χ2v) is 7.55. The summed E-state index contributed by atoms with van der Waals surface area (Å²) in [5.74, 6) is 0.610. The molecule has 3 aliphatic heterocycles. The Labute approximate surface area is 159 Å². The van der Waals surface area contributed by atoms with E-state index < -0.39 is 5.60 Å². The Morgan fingerprint density at radius 2 is 1.89 bits per heavy atom. The zero-order valence-electron chi connectivity index (χ0n) is 15.8. The first-order valence-corrected chi connectivity index (χ1v) is 9.50. The summed E-state index contributed by atoms with van der Waals surface area (Å²) in [6, 6.07) is 5.26. The number of aliphatic hydroxyl groups is 1. The highest BCUT2D eigenvalue weighted by Crippen LogP contribution is 2.45. The molecule has 0 bridgehead atoms. The SMILES string of the molecule is COc1cccc(OC)c1C(=O)N1C[C@H]2COCC[C@@]2(O)[C@@H]2COCC[C@@H]21. The molecule has 0 radical (unpaired) electrons. The van der Waals surface area contributed by atoms with Crippen LogP contribution in [0.4, 0.5) is 0 Å². The molecule has 3 fully saturated rings. The van der Waals surface area contributed by atoms with Crippen LogP contribution in [0, 0.1) is 11.8 Å². The fraction of sp³-hybridized carbons (Fsp3) is 0.650. The monoisotopic (exact) mass is 377 g/mol. The Bertz CT molecular complexity index is 687. The number of methoxy groups -OCH3 is 2. The summed E-state index contributed by atoms with van der Waals surface area (Å²) in [7, 11) is 3.10. The van der Waals surface area contributed by atoms with Gasteiger partial charge in [-0.2, -0.15) is 0 Å². The van der Waals surface area contributed by atoms with Gasteiger partial charge in [-0.15, -0.1) is 0 Å². The first-order valence-electron chi connectivity index (χ1n) is 9.50. The number of ether oxygens (including phenoxy) is 4. The fourth-order valence-corrected chi connectivity index (χ4v) is 4.90. The molecule has 3 saturated heterocycles. The van der Waals surface area contributed by atoms with Crippen molar-refractivity contribution in [2.24, 2.45) is 11.8 Å². The van der Waals surface area contributed by atoms with Gasteiger partial charge in [-0.3, -0.25) is 4.79 Å². The minimum atomic E-state index is -0.842. The highest BCUT2D eigenvalue weighted by molar-refractivity contribution is 6.00. The van der Waals surface area contributed by atoms with E-state index in [0.29, 0.717) is 62.9 Å². The Balaban J connectivity index is 1.72. The number of hydrogen-bond acceptors (Lipinski definition) is 6. The highest BCUT2D eigenvalue weighted by atomic mass is 16.5. The van der Waals surface area contributed by atoms with E-state index in [1.807, 2.05) is 4.90 Å². The van der Waals surface area contributed by atoms with Crippen LogP contribution in [0.25, 0.3) is 0 Å². The Morgan fingerprint density at radius 3 is 2.59 bits per heavy atom. The van der Waals surface area contributed by atoms with E-state index in [0.717, 1.165) is 0 Å². The second-order valence-electron chi connectivity index (χ2n) is 7.55. The van der Waals surface area contributed by atoms with Crippen LogP contribution in [-0.2, 0) is 9.47 Å². The molecule has 0 spiro atoms. The molecule has 1 aromatic rings. The van der Waals surface area contributed by atoms with Crippen LogP contribution in [0.15, 0.2) is 18.2 Å². The molecule has 0 aromatic heterocycles. The number of benzene rings is 1. The van der Waals surface area contributed by atoms with Gasteiger partial charge >= 0.3 is 0 Å². The third kappa shape index (κ3) is 2.98. The zero-order chi connectivity index (χ0) is 19.0. The van der Waals surface area contributed by atoms with Crippen LogP contribution in [0.3, 0.4) is 0 Å². The number of piperidine rings is 1. The summed E-state index contributed by atoms with van der Waals surface area (Å²) in [6.45, 7) is 2.50. The fourth-order valence-electron chi connectivity index (χ4n) is 4.90. The summed E-state index contributed by atoms with van der Waals surface area (Å²) in [5, 5.41) is 11.4. The van der Waals surface area contributed by atoms with Crippen LogP contribution in [0.5, 0.6) is 11.5 Å². The van der Waals surface area contributed by atoms with Crippen molar-refractivity contribution in [3.05, 3.63) is 23.8 Å². The molecule has 27 heavy (non-hydrogen) atoms. The predicted octanol–water partition coefficient (Wildman–Crippen LogP) is 1.33. The van der Waals surface area contributed by atoms with Crippen molar-refractivity contribution >= 4 is 5.91 Å². The molecular formula is C20H27NO6. The quantitative estimate of drug-likeness (QED) is 0.856. The van der Waals surface area contributed by atoms with Gasteiger partial charge in [0.2, 0.25) is 0 Å². The molecule has 4 rings (SSSR count). The van der Waals surface area contributed by atoms with Gasteiger partial charge < -0.3 is 29.0 Å². The number of nitrogens with zero attached hydrogens (tertiary/aromatic N) is 1. The lowest BCUT2D eigenvalue weighted by atomic mass is 9.66. The smallest absolute Gasteiger partial charge is 0.261 e. The first kappa shape index (κ1) is 18.5. The van der Waals surface area contributed by atoms with Crippen LogP contribution >= 0.6 is 0 Å². The van der Waals surface area contributed by atoms with Crippen LogP contribution in [0.2, 0.25) is 0 Å². The van der Waals surface area contributed by atoms with Gasteiger partial charge in [0.15, 0.2) is 0 Å². The number of carbonyl (C=O) groups is 1. The lowest BCUT2D eigenvalue weighted by Crippen LogP contribution is -2.68. The molecule has 0 unspecified atom stereocenters. The van der Waals surface area contributed by atoms with Gasteiger partial charge in [0.1, 0.15) is 17.1 Å². The zero-order valence-corrected chi connectivity index (χ0v) is 15.8. The number of fused-ring (bicyclic) bond motifs is 3. The lowest BCUT2D eigenvalue weighted by Gasteiger charge is -2.57. The van der Waals surface area contributed by atoms with E-state index >= 15 is 0 Å². The maximum Gasteiger partial charge on any atom is 0.261 e. The minimum absolute atomic E-state index is 0.0692. The summed E-state index contributed by atoms with van der Waals surface area (Å²) >= 11 is 0. The number of amides is 1. The van der Waals surface area contributed by atoms with Gasteiger partial charge in [-0.05, 0) is 18.6 Å². The van der Waals surface area contributed by atoms with Crippen LogP contribution < -0.4 is 9.47 Å². The van der Waals surface area contributed by atoms with Crippen molar-refractivity contribution in [1.29, 1.82) is 0 Å². The lowest BCUT2D eigenvalue weighted by molar-refractivity contribution is -0.212. The molecular weight excluding hydrogens is 350 g/mol. The molecule has 148 valence electrons. The third-order valence-electron chi connectivity index (χ3n) is 6.35. The van der Waals surface area contributed by atoms with E-state index in [9.17, 15) is 9.90 Å². The number of rotatable bonds is 3. The van der Waals surface area contributed by atoms with Gasteiger partial charge in [-0.1, -0.05) is 6.07 Å². The van der Waals surface area contributed by atoms with Crippen molar-refractivity contribution in [3.8, 4) is 11.5 Å². The molecule has 0 aliphatic carbocycles. The van der Waals surface area contributed by atoms with Crippen LogP contribution in [0.1, 0.15) is 23.2 Å². The minimum Gasteiger partial charge on any atom is -0.496 e. The molecule has 1 aromatic carbocycles. The largest absolute Gasteiger partial charge is 0.496 e. The average Bonchev–Trinajstić information content (AvgIpc) is 2.72. The number of likely N-dealkylation sites (tertiary alicyclic amines) is 1. The van der Waals surface area contributed by atoms with Crippen molar-refractivity contribution in [3.63, 3.8) is 0 Å². The van der Waals surface area contributed by atoms with Crippen molar-refractivity contribution in [2.45, 2.75) is 24.5 Å². The van der Waals surface area contributed by atoms with Gasteiger partial charge in [0.05, 0.1) is 33.0 Å². The summed E-state index contributed by atoms with van der Waals surface area (Å²) in [4.78, 5) is 15.5. The predicted molar refractivity (Wildman–Crippen MR) is 97.2 cm³/mol. The van der Waals surface area contributed by atoms with Gasteiger partial charge in [-0.25, -0.2) is 0 Å². The summed E-state index contributed by atoms with van der Waals surface area (Å²) in [5.41, 5.74) is -0.416. The molecule has 4 atom stereocenters. The van der Waals surface area contributed by atoms with Crippen molar-refractivity contribution < 1.29 is 28.8 Å². The maximum atomic E-state index is 13.6. The Kier molecular flexibility index (Phi) is 5.01. The average molecular weight is 377 g/mol. The normalized spacial score (nSPS) is 33.0. The standard InChI is InChI=1S/C20H27NO6/c1-24-16-4-3-5-17(25-2)18(16)19(22)21-10-13-11-27-9-7-20(13,23)14-12-26-8-6-15(14)21/h3-5,13-15,23H,6-12H2,1-2H3/t13-,14+,15-,20-/m0/s1. The van der Waals surface area contributed by atoms with E-state index in [1.165, 1.54) is 0 Å². The number of carbonyl (C=O) groups excluding carboxylic acids is 1. The second kappa shape index (κ2) is 7.30. The maximum absolute atomic E-state index is 13.6. The van der Waals surface area contributed by atoms with E-state index in [-0.39, 0.29) is 23.8 Å². The molecule has 7 nitrogen and oxygen atoms in total. The van der Waals surface area contributed by atoms with Crippen molar-refractivity contribution in [1.82, 2.24) is 4.90 Å². The molecule has 3 aliphatic rings. The molecule has 1 amide bonds. The Hall–Kier alpha value is -1.83. The molecule has 3 heterocycles. The van der Waals surface area contributed by atoms with Crippen molar-refractivity contribution in [2.75, 3.05) is 47.2 Å². The van der Waals surface area contributed by atoms with Gasteiger partial charge in [0, 0.05) is 44.1 Å². The van der Waals surface area contributed by atoms with E-state index in [2.05, 4.69) is 0 Å². The molecule has 7 heteroatoms. The summed E-state index contributed by atoms with van der Waals surface area (Å²) < 4.78 is 22.2. The number of hydrogen-bond donors (Lipinski definition) is 1. The van der Waals surface area contributed by atoms with Gasteiger partial charge in [0.25, 0.3) is 5.91 Å². The molecule has 0 saturated carbocycles. The van der Waals surface area contributed by atoms with E-state index in [1.54, 1.807) is 32.4 Å². The summed E-state index contributed by atoms with van der Waals surface area (Å²) in [6.07, 6.45) is 1.30. The topological polar surface area (TPSA) is 77.5 Å². The Morgan fingerprint density at radius 1 is 1.19 bits per heavy atom. The molecule has 1 N–H and O–H groups in total. The highest BCUT2D eigenvalue weighted by Gasteiger charge is 2.56. The van der Waals surface area contributed by atoms with Crippen LogP contribution in [-0.4, -0.2) is 74.7 Å². The van der Waals surface area contributed by atoms with E-state index in [4.69, 9.17) is 18.9 Å². The first-order chi connectivity index (χ1) is 13.1.